The number of hydrogen-bond acceptors (Lipinski definition) is 3. The first-order chi connectivity index (χ1) is 9.08. The Balaban J connectivity index is 1.95. The third-order valence-corrected chi connectivity index (χ3v) is 3.74. The molecule has 1 aliphatic heterocycles. The Kier molecular flexibility index (Phi) is 4.43. The lowest BCUT2D eigenvalue weighted by atomic mass is 10.1. The molecule has 1 amide bonds. The van der Waals surface area contributed by atoms with Crippen molar-refractivity contribution in [3.8, 4) is 0 Å². The van der Waals surface area contributed by atoms with Crippen LogP contribution >= 0.6 is 0 Å². The van der Waals surface area contributed by atoms with Crippen LogP contribution in [-0.2, 0) is 0 Å². The van der Waals surface area contributed by atoms with Gasteiger partial charge in [-0.3, -0.25) is 4.79 Å². The van der Waals surface area contributed by atoms with Crippen LogP contribution in [0.1, 0.15) is 28.8 Å². The Morgan fingerprint density at radius 1 is 1.37 bits per heavy atom. The number of carbonyl (C=O) groups excluding carboxylic acids is 1. The maximum atomic E-state index is 12.3. The number of likely N-dealkylation sites (N-methyl/N-ethyl adjacent to an activating group) is 1. The van der Waals surface area contributed by atoms with E-state index in [0.717, 1.165) is 31.7 Å². The van der Waals surface area contributed by atoms with E-state index in [4.69, 9.17) is 5.73 Å². The fraction of sp³-hybridized carbons (Fsp3) is 0.533. The zero-order valence-electron chi connectivity index (χ0n) is 11.9. The highest BCUT2D eigenvalue weighted by atomic mass is 16.2. The van der Waals surface area contributed by atoms with E-state index in [0.29, 0.717) is 11.3 Å². The molecule has 0 saturated carbocycles. The van der Waals surface area contributed by atoms with Crippen LogP contribution in [-0.4, -0.2) is 48.9 Å². The van der Waals surface area contributed by atoms with Crippen molar-refractivity contribution in [3.05, 3.63) is 29.3 Å². The maximum absolute atomic E-state index is 12.3. The van der Waals surface area contributed by atoms with Gasteiger partial charge in [-0.25, -0.2) is 0 Å². The fourth-order valence-electron chi connectivity index (χ4n) is 2.46. The van der Waals surface area contributed by atoms with E-state index in [9.17, 15) is 4.79 Å². The molecule has 19 heavy (non-hydrogen) atoms. The van der Waals surface area contributed by atoms with Crippen LogP contribution in [0.3, 0.4) is 0 Å². The number of aryl methyl sites for hydroxylation is 1. The monoisotopic (exact) mass is 261 g/mol. The second kappa shape index (κ2) is 6.06. The van der Waals surface area contributed by atoms with Gasteiger partial charge in [0.25, 0.3) is 5.91 Å². The number of nitrogen functional groups attached to an aromatic ring is 1. The molecule has 1 saturated heterocycles. The molecule has 1 aliphatic rings. The van der Waals surface area contributed by atoms with Crippen LogP contribution in [0.4, 0.5) is 5.69 Å². The molecule has 1 aromatic carbocycles. The molecule has 0 radical (unpaired) electrons. The van der Waals surface area contributed by atoms with E-state index in [-0.39, 0.29) is 5.91 Å². The molecule has 0 aliphatic carbocycles. The molecular formula is C15H23N3O. The predicted molar refractivity (Wildman–Crippen MR) is 78.2 cm³/mol. The average Bonchev–Trinajstić information content (AvgIpc) is 2.91. The first-order valence-electron chi connectivity index (χ1n) is 6.92. The number of likely N-dealkylation sites (tertiary alicyclic amines) is 1. The second-order valence-electron chi connectivity index (χ2n) is 5.37. The second-order valence-corrected chi connectivity index (χ2v) is 5.37. The lowest BCUT2D eigenvalue weighted by Gasteiger charge is -2.22. The molecule has 4 nitrogen and oxygen atoms in total. The van der Waals surface area contributed by atoms with Gasteiger partial charge in [-0.1, -0.05) is 11.6 Å². The van der Waals surface area contributed by atoms with Crippen LogP contribution in [0, 0.1) is 6.92 Å². The van der Waals surface area contributed by atoms with Crippen molar-refractivity contribution >= 4 is 11.6 Å². The van der Waals surface area contributed by atoms with Gasteiger partial charge in [0.15, 0.2) is 0 Å². The first-order valence-corrected chi connectivity index (χ1v) is 6.92. The molecule has 2 rings (SSSR count). The summed E-state index contributed by atoms with van der Waals surface area (Å²) in [4.78, 5) is 16.5. The van der Waals surface area contributed by atoms with E-state index in [1.165, 1.54) is 12.8 Å². The normalized spacial score (nSPS) is 15.7. The van der Waals surface area contributed by atoms with E-state index in [1.807, 2.05) is 26.1 Å². The molecule has 0 bridgehead atoms. The fourth-order valence-corrected chi connectivity index (χ4v) is 2.46. The van der Waals surface area contributed by atoms with Gasteiger partial charge in [0, 0.05) is 25.8 Å². The summed E-state index contributed by atoms with van der Waals surface area (Å²) in [5.41, 5.74) is 8.12. The quantitative estimate of drug-likeness (QED) is 0.840. The van der Waals surface area contributed by atoms with Crippen LogP contribution in [0.25, 0.3) is 0 Å². The van der Waals surface area contributed by atoms with Crippen molar-refractivity contribution in [1.29, 1.82) is 0 Å². The standard InChI is InChI=1S/C15H23N3O/c1-12-5-6-14(16)13(11-12)15(19)17(2)9-10-18-7-3-4-8-18/h5-6,11H,3-4,7-10,16H2,1-2H3. The molecule has 0 atom stereocenters. The van der Waals surface area contributed by atoms with Gasteiger partial charge in [-0.05, 0) is 45.0 Å². The summed E-state index contributed by atoms with van der Waals surface area (Å²) in [5, 5.41) is 0. The Hall–Kier alpha value is -1.55. The zero-order valence-corrected chi connectivity index (χ0v) is 11.9. The largest absolute Gasteiger partial charge is 0.398 e. The number of nitrogens with two attached hydrogens (primary N) is 1. The molecule has 1 fully saturated rings. The van der Waals surface area contributed by atoms with Crippen molar-refractivity contribution in [2.75, 3.05) is 39.0 Å². The SMILES string of the molecule is Cc1ccc(N)c(C(=O)N(C)CCN2CCCC2)c1. The molecule has 1 heterocycles. The molecule has 0 aromatic heterocycles. The predicted octanol–water partition coefficient (Wildman–Crippen LogP) is 1.75. The summed E-state index contributed by atoms with van der Waals surface area (Å²) in [6, 6.07) is 5.59. The third kappa shape index (κ3) is 3.47. The lowest BCUT2D eigenvalue weighted by molar-refractivity contribution is 0.0783. The number of amides is 1. The summed E-state index contributed by atoms with van der Waals surface area (Å²) < 4.78 is 0. The molecule has 0 unspecified atom stereocenters. The molecule has 0 spiro atoms. The van der Waals surface area contributed by atoms with Crippen LogP contribution in [0.2, 0.25) is 0 Å². The highest BCUT2D eigenvalue weighted by Crippen LogP contribution is 2.16. The number of nitrogens with zero attached hydrogens (tertiary/aromatic N) is 2. The molecule has 1 aromatic rings. The minimum absolute atomic E-state index is 0.0143. The van der Waals surface area contributed by atoms with Crippen LogP contribution in [0.15, 0.2) is 18.2 Å². The number of anilines is 1. The summed E-state index contributed by atoms with van der Waals surface area (Å²) >= 11 is 0. The van der Waals surface area contributed by atoms with Crippen molar-refractivity contribution in [1.82, 2.24) is 9.80 Å². The van der Waals surface area contributed by atoms with E-state index in [1.54, 1.807) is 11.0 Å². The number of carbonyl (C=O) groups is 1. The molecule has 2 N–H and O–H groups in total. The maximum Gasteiger partial charge on any atom is 0.255 e. The molecule has 4 heteroatoms. The van der Waals surface area contributed by atoms with Crippen molar-refractivity contribution in [3.63, 3.8) is 0 Å². The van der Waals surface area contributed by atoms with Gasteiger partial charge in [0.2, 0.25) is 0 Å². The van der Waals surface area contributed by atoms with Crippen LogP contribution in [0.5, 0.6) is 0 Å². The van der Waals surface area contributed by atoms with Gasteiger partial charge in [0.05, 0.1) is 5.56 Å². The lowest BCUT2D eigenvalue weighted by Crippen LogP contribution is -2.35. The van der Waals surface area contributed by atoms with Crippen molar-refractivity contribution < 1.29 is 4.79 Å². The van der Waals surface area contributed by atoms with Gasteiger partial charge >= 0.3 is 0 Å². The first kappa shape index (κ1) is 13.9. The number of benzene rings is 1. The van der Waals surface area contributed by atoms with E-state index >= 15 is 0 Å². The van der Waals surface area contributed by atoms with E-state index < -0.39 is 0 Å². The van der Waals surface area contributed by atoms with Gasteiger partial charge in [-0.2, -0.15) is 0 Å². The Labute approximate surface area is 115 Å². The van der Waals surface area contributed by atoms with E-state index in [2.05, 4.69) is 4.90 Å². The smallest absolute Gasteiger partial charge is 0.255 e. The van der Waals surface area contributed by atoms with Gasteiger partial charge in [-0.15, -0.1) is 0 Å². The topological polar surface area (TPSA) is 49.6 Å². The third-order valence-electron chi connectivity index (χ3n) is 3.74. The molecule has 104 valence electrons. The summed E-state index contributed by atoms with van der Waals surface area (Å²) in [7, 11) is 1.85. The molecular weight excluding hydrogens is 238 g/mol. The number of hydrogen-bond donors (Lipinski definition) is 1. The highest BCUT2D eigenvalue weighted by Gasteiger charge is 2.17. The Bertz CT molecular complexity index is 453. The van der Waals surface area contributed by atoms with Crippen molar-refractivity contribution in [2.45, 2.75) is 19.8 Å². The Morgan fingerprint density at radius 2 is 2.05 bits per heavy atom. The summed E-state index contributed by atoms with van der Waals surface area (Å²) in [6.45, 7) is 6.00. The minimum Gasteiger partial charge on any atom is -0.398 e. The summed E-state index contributed by atoms with van der Waals surface area (Å²) in [6.07, 6.45) is 2.56. The zero-order chi connectivity index (χ0) is 13.8. The minimum atomic E-state index is 0.0143. The van der Waals surface area contributed by atoms with Gasteiger partial charge < -0.3 is 15.5 Å². The highest BCUT2D eigenvalue weighted by molar-refractivity contribution is 5.99. The summed E-state index contributed by atoms with van der Waals surface area (Å²) in [5.74, 6) is 0.0143. The Morgan fingerprint density at radius 3 is 2.74 bits per heavy atom. The average molecular weight is 261 g/mol. The number of rotatable bonds is 4. The van der Waals surface area contributed by atoms with Crippen LogP contribution < -0.4 is 5.73 Å². The van der Waals surface area contributed by atoms with Gasteiger partial charge in [0.1, 0.15) is 0 Å². The van der Waals surface area contributed by atoms with Crippen molar-refractivity contribution in [2.24, 2.45) is 0 Å².